The van der Waals surface area contributed by atoms with Crippen LogP contribution in [-0.2, 0) is 4.79 Å². The lowest BCUT2D eigenvalue weighted by Gasteiger charge is -2.17. The zero-order chi connectivity index (χ0) is 25.5. The van der Waals surface area contributed by atoms with Crippen molar-refractivity contribution in [2.24, 2.45) is 16.8 Å². The molecule has 7 nitrogen and oxygen atoms in total. The van der Waals surface area contributed by atoms with Gasteiger partial charge in [-0.1, -0.05) is 12.7 Å². The van der Waals surface area contributed by atoms with Crippen LogP contribution in [0.5, 0.6) is 0 Å². The molecule has 1 saturated carbocycles. The molecule has 8 heteroatoms. The van der Waals surface area contributed by atoms with E-state index in [-0.39, 0.29) is 23.3 Å². The summed E-state index contributed by atoms with van der Waals surface area (Å²) < 4.78 is 17.3. The number of aliphatic imine (C=N–C) groups is 1. The fourth-order valence-corrected chi connectivity index (χ4v) is 5.54. The van der Waals surface area contributed by atoms with E-state index in [0.29, 0.717) is 48.4 Å². The van der Waals surface area contributed by atoms with Gasteiger partial charge in [-0.2, -0.15) is 0 Å². The monoisotopic (exact) mass is 497 g/mol. The molecule has 6 rings (SSSR count). The van der Waals surface area contributed by atoms with E-state index in [0.717, 1.165) is 17.5 Å². The Labute approximate surface area is 214 Å². The molecule has 2 amide bonds. The van der Waals surface area contributed by atoms with Gasteiger partial charge in [0.2, 0.25) is 5.91 Å². The minimum Gasteiger partial charge on any atom is -0.339 e. The highest BCUT2D eigenvalue weighted by molar-refractivity contribution is 6.07. The van der Waals surface area contributed by atoms with E-state index in [9.17, 15) is 9.59 Å². The molecule has 3 aliphatic rings. The third-order valence-electron chi connectivity index (χ3n) is 7.71. The highest BCUT2D eigenvalue weighted by Gasteiger charge is 2.32. The Kier molecular flexibility index (Phi) is 5.94. The highest BCUT2D eigenvalue weighted by atomic mass is 19.1. The van der Waals surface area contributed by atoms with Crippen LogP contribution < -0.4 is 5.32 Å². The molecule has 1 aliphatic carbocycles. The van der Waals surface area contributed by atoms with Gasteiger partial charge in [0.15, 0.2) is 0 Å². The average molecular weight is 498 g/mol. The minimum atomic E-state index is -0.487. The minimum absolute atomic E-state index is 0.0777. The van der Waals surface area contributed by atoms with Gasteiger partial charge in [-0.05, 0) is 73.1 Å². The molecule has 2 unspecified atom stereocenters. The number of nitrogens with zero attached hydrogens (tertiary/aromatic N) is 4. The predicted octanol–water partition coefficient (Wildman–Crippen LogP) is 4.71. The number of benzene rings is 1. The standard InChI is InChI=1S/C29H28FN5O2/c1-2-28(36)34-12-9-21(16-34)23-15-26(35-17-31-10-8-25(23)35)22-6-5-20(13-24(22)30)29(37)33-27-14-19(7-11-32-27)18-3-4-18/h2,5-8,10-11,13,15,17-19,21H,1,3-4,9,12,14,16H2,(H,32,33,37). The van der Waals surface area contributed by atoms with E-state index in [1.807, 2.05) is 16.5 Å². The van der Waals surface area contributed by atoms with Crippen LogP contribution in [0.2, 0.25) is 0 Å². The van der Waals surface area contributed by atoms with E-state index in [2.05, 4.69) is 27.9 Å². The molecule has 3 aromatic rings. The maximum Gasteiger partial charge on any atom is 0.256 e. The molecule has 188 valence electrons. The fraction of sp³-hybridized carbons (Fsp3) is 0.310. The van der Waals surface area contributed by atoms with Crippen molar-refractivity contribution in [1.29, 1.82) is 0 Å². The number of hydrogen-bond acceptors (Lipinski definition) is 4. The Hall–Kier alpha value is -4.07. The van der Waals surface area contributed by atoms with Crippen LogP contribution in [0.15, 0.2) is 72.8 Å². The second-order valence-corrected chi connectivity index (χ2v) is 10.1. The molecular weight excluding hydrogens is 469 g/mol. The largest absolute Gasteiger partial charge is 0.339 e. The van der Waals surface area contributed by atoms with Gasteiger partial charge in [0, 0.05) is 49.0 Å². The molecule has 1 aromatic carbocycles. The molecule has 2 aliphatic heterocycles. The molecule has 2 fully saturated rings. The molecule has 0 spiro atoms. The quantitative estimate of drug-likeness (QED) is 0.519. The first-order chi connectivity index (χ1) is 18.0. The van der Waals surface area contributed by atoms with Crippen LogP contribution in [0.25, 0.3) is 16.8 Å². The maximum absolute atomic E-state index is 15.5. The van der Waals surface area contributed by atoms with E-state index in [1.165, 1.54) is 25.0 Å². The van der Waals surface area contributed by atoms with Crippen LogP contribution in [0.1, 0.15) is 47.5 Å². The van der Waals surface area contributed by atoms with Gasteiger partial charge in [-0.15, -0.1) is 0 Å². The Morgan fingerprint density at radius 1 is 1.16 bits per heavy atom. The zero-order valence-electron chi connectivity index (χ0n) is 20.4. The number of amidine groups is 1. The van der Waals surface area contributed by atoms with Crippen LogP contribution >= 0.6 is 0 Å². The molecule has 2 atom stereocenters. The van der Waals surface area contributed by atoms with Gasteiger partial charge in [-0.25, -0.2) is 14.4 Å². The van der Waals surface area contributed by atoms with Crippen LogP contribution in [-0.4, -0.2) is 45.0 Å². The number of allylic oxidation sites excluding steroid dienone is 1. The lowest BCUT2D eigenvalue weighted by atomic mass is 9.97. The van der Waals surface area contributed by atoms with Gasteiger partial charge in [-0.3, -0.25) is 14.0 Å². The number of halogens is 1. The summed E-state index contributed by atoms with van der Waals surface area (Å²) in [5.74, 6) is 0.926. The summed E-state index contributed by atoms with van der Waals surface area (Å²) in [6.07, 6.45) is 12.6. The first-order valence-corrected chi connectivity index (χ1v) is 12.7. The molecule has 1 saturated heterocycles. The molecular formula is C29H28FN5O2. The maximum atomic E-state index is 15.5. The normalized spacial score (nSPS) is 21.2. The SMILES string of the molecule is C=CC(=O)N1CCC(c2cc(-c3ccc(C(=O)NC4=NC=CC(C5CC5)C4)cc3F)n3cnccc23)C1. The van der Waals surface area contributed by atoms with Gasteiger partial charge < -0.3 is 10.2 Å². The van der Waals surface area contributed by atoms with Gasteiger partial charge in [0.25, 0.3) is 5.91 Å². The number of aromatic nitrogens is 2. The number of nitrogens with one attached hydrogen (secondary N) is 1. The van der Waals surface area contributed by atoms with E-state index >= 15 is 4.39 Å². The first kappa shape index (κ1) is 23.3. The van der Waals surface area contributed by atoms with Crippen molar-refractivity contribution >= 4 is 23.2 Å². The molecule has 2 aromatic heterocycles. The van der Waals surface area contributed by atoms with Crippen molar-refractivity contribution in [2.75, 3.05) is 13.1 Å². The van der Waals surface area contributed by atoms with Gasteiger partial charge in [0.1, 0.15) is 11.7 Å². The number of hydrogen-bond donors (Lipinski definition) is 1. The lowest BCUT2D eigenvalue weighted by Crippen LogP contribution is -2.33. The number of carbonyl (C=O) groups is 2. The Balaban J connectivity index is 1.25. The summed E-state index contributed by atoms with van der Waals surface area (Å²) in [5, 5.41) is 2.86. The van der Waals surface area contributed by atoms with Crippen molar-refractivity contribution in [3.63, 3.8) is 0 Å². The summed E-state index contributed by atoms with van der Waals surface area (Å²) in [5.41, 5.74) is 3.26. The van der Waals surface area contributed by atoms with Gasteiger partial charge in [0.05, 0.1) is 17.5 Å². The molecule has 0 radical (unpaired) electrons. The molecule has 1 N–H and O–H groups in total. The average Bonchev–Trinajstić information content (AvgIpc) is 3.54. The summed E-state index contributed by atoms with van der Waals surface area (Å²) in [6, 6.07) is 8.44. The number of carbonyl (C=O) groups excluding carboxylic acids is 2. The second-order valence-electron chi connectivity index (χ2n) is 10.1. The van der Waals surface area contributed by atoms with Crippen molar-refractivity contribution in [3.8, 4) is 11.3 Å². The Bertz CT molecular complexity index is 1470. The topological polar surface area (TPSA) is 79.1 Å². The van der Waals surface area contributed by atoms with E-state index in [4.69, 9.17) is 0 Å². The van der Waals surface area contributed by atoms with Crippen molar-refractivity contribution < 1.29 is 14.0 Å². The molecule has 37 heavy (non-hydrogen) atoms. The Morgan fingerprint density at radius 3 is 2.81 bits per heavy atom. The van der Waals surface area contributed by atoms with E-state index < -0.39 is 5.82 Å². The summed E-state index contributed by atoms with van der Waals surface area (Å²) in [7, 11) is 0. The third-order valence-corrected chi connectivity index (χ3v) is 7.71. The lowest BCUT2D eigenvalue weighted by molar-refractivity contribution is -0.125. The highest BCUT2D eigenvalue weighted by Crippen LogP contribution is 2.40. The molecule has 0 bridgehead atoms. The molecule has 4 heterocycles. The predicted molar refractivity (Wildman–Crippen MR) is 140 cm³/mol. The fourth-order valence-electron chi connectivity index (χ4n) is 5.54. The number of rotatable bonds is 5. The first-order valence-electron chi connectivity index (χ1n) is 12.7. The summed E-state index contributed by atoms with van der Waals surface area (Å²) >= 11 is 0. The van der Waals surface area contributed by atoms with Crippen molar-refractivity contribution in [3.05, 3.63) is 84.7 Å². The van der Waals surface area contributed by atoms with Crippen molar-refractivity contribution in [2.45, 2.75) is 31.6 Å². The van der Waals surface area contributed by atoms with E-state index in [1.54, 1.807) is 35.8 Å². The Morgan fingerprint density at radius 2 is 2.03 bits per heavy atom. The zero-order valence-corrected chi connectivity index (χ0v) is 20.4. The smallest absolute Gasteiger partial charge is 0.256 e. The number of likely N-dealkylation sites (tertiary alicyclic amines) is 1. The number of amides is 2. The van der Waals surface area contributed by atoms with Crippen molar-refractivity contribution in [1.82, 2.24) is 19.6 Å². The van der Waals surface area contributed by atoms with Gasteiger partial charge >= 0.3 is 0 Å². The van der Waals surface area contributed by atoms with Crippen LogP contribution in [0.3, 0.4) is 0 Å². The third kappa shape index (κ3) is 4.48. The second kappa shape index (κ2) is 9.42. The summed E-state index contributed by atoms with van der Waals surface area (Å²) in [6.45, 7) is 4.84. The van der Waals surface area contributed by atoms with Crippen LogP contribution in [0, 0.1) is 17.7 Å². The number of fused-ring (bicyclic) bond motifs is 1. The summed E-state index contributed by atoms with van der Waals surface area (Å²) in [4.78, 5) is 35.3. The van der Waals surface area contributed by atoms with Crippen LogP contribution in [0.4, 0.5) is 4.39 Å².